The molecule has 1 aliphatic carbocycles. The zero-order valence-electron chi connectivity index (χ0n) is 15.3. The lowest BCUT2D eigenvalue weighted by atomic mass is 9.82. The van der Waals surface area contributed by atoms with Crippen molar-refractivity contribution in [2.75, 3.05) is 59.4 Å². The van der Waals surface area contributed by atoms with Crippen LogP contribution < -0.4 is 5.32 Å². The lowest BCUT2D eigenvalue weighted by Gasteiger charge is -2.34. The average Bonchev–Trinajstić information content (AvgIpc) is 3.03. The predicted octanol–water partition coefficient (Wildman–Crippen LogP) is 0.848. The number of aliphatic imine (C=N–C) groups is 1. The highest BCUT2D eigenvalue weighted by atomic mass is 16.2. The first-order chi connectivity index (χ1) is 11.7. The number of carbonyl (C=O) groups excluding carboxylic acids is 1. The van der Waals surface area contributed by atoms with Crippen LogP contribution in [0.5, 0.6) is 0 Å². The number of hydrogen-bond acceptors (Lipinski definition) is 3. The third-order valence-corrected chi connectivity index (χ3v) is 6.02. The highest BCUT2D eigenvalue weighted by Gasteiger charge is 2.35. The van der Waals surface area contributed by atoms with E-state index in [0.717, 1.165) is 57.1 Å². The van der Waals surface area contributed by atoms with Gasteiger partial charge in [-0.2, -0.15) is 0 Å². The van der Waals surface area contributed by atoms with Gasteiger partial charge in [0.2, 0.25) is 5.91 Å². The van der Waals surface area contributed by atoms with Gasteiger partial charge in [0.25, 0.3) is 0 Å². The summed E-state index contributed by atoms with van der Waals surface area (Å²) in [5.74, 6) is 3.05. The zero-order chi connectivity index (χ0) is 16.9. The monoisotopic (exact) mass is 335 g/mol. The quantitative estimate of drug-likeness (QED) is 0.614. The van der Waals surface area contributed by atoms with Gasteiger partial charge >= 0.3 is 0 Å². The molecule has 2 heterocycles. The van der Waals surface area contributed by atoms with Crippen LogP contribution in [0, 0.1) is 11.8 Å². The van der Waals surface area contributed by atoms with Crippen molar-refractivity contribution in [1.82, 2.24) is 20.0 Å². The average molecular weight is 335 g/mol. The summed E-state index contributed by atoms with van der Waals surface area (Å²) in [7, 11) is 1.90. The van der Waals surface area contributed by atoms with Crippen LogP contribution in [0.1, 0.15) is 32.6 Å². The smallest absolute Gasteiger partial charge is 0.219 e. The molecule has 0 radical (unpaired) electrons. The van der Waals surface area contributed by atoms with Crippen molar-refractivity contribution in [3.05, 3.63) is 0 Å². The molecule has 0 aromatic carbocycles. The van der Waals surface area contributed by atoms with Crippen LogP contribution in [0.4, 0.5) is 0 Å². The van der Waals surface area contributed by atoms with E-state index >= 15 is 0 Å². The Hall–Kier alpha value is -1.30. The minimum absolute atomic E-state index is 0.198. The van der Waals surface area contributed by atoms with Crippen LogP contribution in [0.15, 0.2) is 4.99 Å². The van der Waals surface area contributed by atoms with Crippen molar-refractivity contribution in [2.24, 2.45) is 16.8 Å². The topological polar surface area (TPSA) is 51.2 Å². The highest BCUT2D eigenvalue weighted by molar-refractivity contribution is 5.80. The van der Waals surface area contributed by atoms with Crippen molar-refractivity contribution >= 4 is 11.9 Å². The second-order valence-electron chi connectivity index (χ2n) is 7.53. The number of guanidine groups is 1. The number of amides is 1. The first-order valence-electron chi connectivity index (χ1n) is 9.61. The van der Waals surface area contributed by atoms with Gasteiger partial charge in [0.05, 0.1) is 0 Å². The van der Waals surface area contributed by atoms with E-state index in [1.807, 2.05) is 11.9 Å². The number of rotatable bonds is 3. The zero-order valence-corrected chi connectivity index (χ0v) is 15.3. The van der Waals surface area contributed by atoms with Crippen LogP contribution >= 0.6 is 0 Å². The number of carbonyl (C=O) groups is 1. The first kappa shape index (κ1) is 17.5. The summed E-state index contributed by atoms with van der Waals surface area (Å²) in [4.78, 5) is 22.7. The molecule has 6 nitrogen and oxygen atoms in total. The Labute approximate surface area is 146 Å². The van der Waals surface area contributed by atoms with E-state index in [1.54, 1.807) is 6.92 Å². The molecule has 1 saturated carbocycles. The third kappa shape index (κ3) is 4.21. The second-order valence-corrected chi connectivity index (χ2v) is 7.53. The fourth-order valence-corrected chi connectivity index (χ4v) is 4.52. The van der Waals surface area contributed by atoms with Crippen LogP contribution in [-0.4, -0.2) is 86.0 Å². The molecule has 0 spiro atoms. The SMILES string of the molecule is CN=C(NCCN1CCN(C(C)=O)CC1)N1CC2CCCCC2C1. The molecule has 6 heteroatoms. The normalized spacial score (nSPS) is 28.8. The van der Waals surface area contributed by atoms with Gasteiger partial charge in [0.1, 0.15) is 0 Å². The molecule has 24 heavy (non-hydrogen) atoms. The summed E-state index contributed by atoms with van der Waals surface area (Å²) < 4.78 is 0. The number of fused-ring (bicyclic) bond motifs is 1. The molecule has 0 aromatic rings. The molecule has 3 fully saturated rings. The Morgan fingerprint density at radius 2 is 1.67 bits per heavy atom. The van der Waals surface area contributed by atoms with Crippen LogP contribution in [-0.2, 0) is 4.79 Å². The number of nitrogens with one attached hydrogen (secondary N) is 1. The molecule has 3 aliphatic rings. The van der Waals surface area contributed by atoms with E-state index in [9.17, 15) is 4.79 Å². The molecular formula is C18H33N5O. The Morgan fingerprint density at radius 3 is 2.21 bits per heavy atom. The fraction of sp³-hybridized carbons (Fsp3) is 0.889. The maximum absolute atomic E-state index is 11.4. The number of nitrogens with zero attached hydrogens (tertiary/aromatic N) is 4. The van der Waals surface area contributed by atoms with Crippen LogP contribution in [0.25, 0.3) is 0 Å². The molecule has 136 valence electrons. The summed E-state index contributed by atoms with van der Waals surface area (Å²) in [5, 5.41) is 3.56. The fourth-order valence-electron chi connectivity index (χ4n) is 4.52. The van der Waals surface area contributed by atoms with Crippen molar-refractivity contribution in [1.29, 1.82) is 0 Å². The summed E-state index contributed by atoms with van der Waals surface area (Å²) >= 11 is 0. The van der Waals surface area contributed by atoms with E-state index in [2.05, 4.69) is 20.1 Å². The molecule has 2 atom stereocenters. The summed E-state index contributed by atoms with van der Waals surface area (Å²) in [6.45, 7) is 9.66. The Morgan fingerprint density at radius 1 is 1.04 bits per heavy atom. The summed E-state index contributed by atoms with van der Waals surface area (Å²) in [6, 6.07) is 0. The minimum atomic E-state index is 0.198. The molecule has 0 bridgehead atoms. The molecule has 0 aromatic heterocycles. The lowest BCUT2D eigenvalue weighted by molar-refractivity contribution is -0.130. The first-order valence-corrected chi connectivity index (χ1v) is 9.61. The predicted molar refractivity (Wildman–Crippen MR) is 97.1 cm³/mol. The largest absolute Gasteiger partial charge is 0.355 e. The maximum atomic E-state index is 11.4. The van der Waals surface area contributed by atoms with E-state index in [0.29, 0.717) is 0 Å². The molecule has 2 unspecified atom stereocenters. The van der Waals surface area contributed by atoms with Gasteiger partial charge in [-0.25, -0.2) is 0 Å². The molecule has 3 rings (SSSR count). The Balaban J connectivity index is 1.39. The maximum Gasteiger partial charge on any atom is 0.219 e. The van der Waals surface area contributed by atoms with E-state index in [4.69, 9.17) is 0 Å². The van der Waals surface area contributed by atoms with E-state index in [-0.39, 0.29) is 5.91 Å². The molecular weight excluding hydrogens is 302 g/mol. The number of hydrogen-bond donors (Lipinski definition) is 1. The summed E-state index contributed by atoms with van der Waals surface area (Å²) in [5.41, 5.74) is 0. The highest BCUT2D eigenvalue weighted by Crippen LogP contribution is 2.35. The van der Waals surface area contributed by atoms with Crippen LogP contribution in [0.3, 0.4) is 0 Å². The van der Waals surface area contributed by atoms with Crippen molar-refractivity contribution in [3.63, 3.8) is 0 Å². The van der Waals surface area contributed by atoms with E-state index < -0.39 is 0 Å². The second kappa shape index (κ2) is 8.19. The van der Waals surface area contributed by atoms with Crippen LogP contribution in [0.2, 0.25) is 0 Å². The number of likely N-dealkylation sites (tertiary alicyclic amines) is 1. The molecule has 1 amide bonds. The lowest BCUT2D eigenvalue weighted by Crippen LogP contribution is -2.50. The molecule has 2 saturated heterocycles. The standard InChI is InChI=1S/C18H33N5O/c1-15(24)22-11-9-21(10-12-22)8-7-20-18(19-2)23-13-16-5-3-4-6-17(16)14-23/h16-17H,3-14H2,1-2H3,(H,19,20). The van der Waals surface area contributed by atoms with E-state index in [1.165, 1.54) is 38.8 Å². The summed E-state index contributed by atoms with van der Waals surface area (Å²) in [6.07, 6.45) is 5.62. The molecule has 1 N–H and O–H groups in total. The van der Waals surface area contributed by atoms with Crippen molar-refractivity contribution < 1.29 is 4.79 Å². The molecule has 2 aliphatic heterocycles. The van der Waals surface area contributed by atoms with Gasteiger partial charge in [-0.15, -0.1) is 0 Å². The van der Waals surface area contributed by atoms with Crippen molar-refractivity contribution in [3.8, 4) is 0 Å². The van der Waals surface area contributed by atoms with Gasteiger partial charge in [-0.05, 0) is 24.7 Å². The van der Waals surface area contributed by atoms with Crippen molar-refractivity contribution in [2.45, 2.75) is 32.6 Å². The van der Waals surface area contributed by atoms with Gasteiger partial charge in [0, 0.05) is 66.3 Å². The van der Waals surface area contributed by atoms with Gasteiger partial charge in [0.15, 0.2) is 5.96 Å². The van der Waals surface area contributed by atoms with Gasteiger partial charge < -0.3 is 15.1 Å². The third-order valence-electron chi connectivity index (χ3n) is 6.02. The Bertz CT molecular complexity index is 444. The van der Waals surface area contributed by atoms with Gasteiger partial charge in [-0.1, -0.05) is 12.8 Å². The van der Waals surface area contributed by atoms with Gasteiger partial charge in [-0.3, -0.25) is 14.7 Å². The minimum Gasteiger partial charge on any atom is -0.355 e. The Kier molecular flexibility index (Phi) is 5.98. The number of piperazine rings is 1.